The van der Waals surface area contributed by atoms with Gasteiger partial charge in [0.1, 0.15) is 5.75 Å². The van der Waals surface area contributed by atoms with Crippen LogP contribution in [0.25, 0.3) is 10.9 Å². The molecule has 0 atom stereocenters. The fourth-order valence-electron chi connectivity index (χ4n) is 3.65. The number of para-hydroxylation sites is 1. The minimum absolute atomic E-state index is 0.0479. The number of carbonyl (C=O) groups excluding carboxylic acids is 1. The van der Waals surface area contributed by atoms with E-state index in [0.717, 1.165) is 29.7 Å². The highest BCUT2D eigenvalue weighted by molar-refractivity contribution is 6.06. The maximum Gasteiger partial charge on any atom is 0.347 e. The summed E-state index contributed by atoms with van der Waals surface area (Å²) in [7, 11) is 0. The first-order valence-electron chi connectivity index (χ1n) is 9.98. The van der Waals surface area contributed by atoms with Gasteiger partial charge in [0.2, 0.25) is 0 Å². The molecule has 4 rings (SSSR count). The molecular formula is C23H25N3O4. The van der Waals surface area contributed by atoms with E-state index >= 15 is 0 Å². The van der Waals surface area contributed by atoms with Crippen LogP contribution < -0.4 is 9.64 Å². The van der Waals surface area contributed by atoms with Gasteiger partial charge < -0.3 is 24.6 Å². The molecule has 1 saturated heterocycles. The molecule has 0 aliphatic carbocycles. The van der Waals surface area contributed by atoms with E-state index in [1.54, 1.807) is 18.3 Å². The molecule has 30 heavy (non-hydrogen) atoms. The molecule has 0 radical (unpaired) electrons. The van der Waals surface area contributed by atoms with Gasteiger partial charge in [-0.25, -0.2) is 4.79 Å². The largest absolute Gasteiger partial charge is 0.478 e. The number of anilines is 1. The van der Waals surface area contributed by atoms with Crippen molar-refractivity contribution in [1.82, 2.24) is 9.88 Å². The molecule has 2 N–H and O–H groups in total. The van der Waals surface area contributed by atoms with Crippen LogP contribution in [-0.2, 0) is 4.79 Å². The molecule has 7 nitrogen and oxygen atoms in total. The van der Waals surface area contributed by atoms with Crippen molar-refractivity contribution in [2.75, 3.05) is 31.1 Å². The molecule has 1 amide bonds. The third kappa shape index (κ3) is 3.83. The van der Waals surface area contributed by atoms with Crippen molar-refractivity contribution in [3.63, 3.8) is 0 Å². The normalized spacial score (nSPS) is 14.7. The van der Waals surface area contributed by atoms with Crippen LogP contribution in [0.3, 0.4) is 0 Å². The Morgan fingerprint density at radius 1 is 1.00 bits per heavy atom. The number of piperazine rings is 1. The number of amides is 1. The minimum Gasteiger partial charge on any atom is -0.478 e. The summed E-state index contributed by atoms with van der Waals surface area (Å²) in [4.78, 5) is 31.5. The van der Waals surface area contributed by atoms with Crippen LogP contribution in [0.5, 0.6) is 5.75 Å². The summed E-state index contributed by atoms with van der Waals surface area (Å²) in [6.45, 7) is 5.79. The Bertz CT molecular complexity index is 1060. The zero-order valence-electron chi connectivity index (χ0n) is 17.1. The summed E-state index contributed by atoms with van der Waals surface area (Å²) < 4.78 is 5.56. The Hall–Kier alpha value is -3.48. The third-order valence-corrected chi connectivity index (χ3v) is 5.48. The molecule has 1 aliphatic heterocycles. The number of aromatic nitrogens is 1. The second-order valence-corrected chi connectivity index (χ2v) is 7.94. The first-order chi connectivity index (χ1) is 14.3. The maximum atomic E-state index is 13.0. The lowest BCUT2D eigenvalue weighted by Gasteiger charge is -2.36. The van der Waals surface area contributed by atoms with Gasteiger partial charge in [0.05, 0.1) is 5.56 Å². The number of fused-ring (bicyclic) bond motifs is 1. The van der Waals surface area contributed by atoms with Crippen molar-refractivity contribution >= 4 is 28.5 Å². The number of hydrogen-bond acceptors (Lipinski definition) is 4. The number of hydrogen-bond donors (Lipinski definition) is 2. The number of aliphatic carboxylic acids is 1. The highest BCUT2D eigenvalue weighted by Gasteiger charge is 2.29. The van der Waals surface area contributed by atoms with Crippen molar-refractivity contribution in [2.24, 2.45) is 0 Å². The molecule has 1 aromatic heterocycles. The van der Waals surface area contributed by atoms with Crippen LogP contribution in [0.4, 0.5) is 5.69 Å². The average Bonchev–Trinajstić information content (AvgIpc) is 3.18. The zero-order chi connectivity index (χ0) is 21.3. The summed E-state index contributed by atoms with van der Waals surface area (Å²) in [5.74, 6) is -0.450. The van der Waals surface area contributed by atoms with Crippen LogP contribution in [0.2, 0.25) is 0 Å². The third-order valence-electron chi connectivity index (χ3n) is 5.48. The number of carbonyl (C=O) groups is 2. The first-order valence-corrected chi connectivity index (χ1v) is 9.98. The fourth-order valence-corrected chi connectivity index (χ4v) is 3.65. The summed E-state index contributed by atoms with van der Waals surface area (Å²) >= 11 is 0. The number of benzene rings is 2. The van der Waals surface area contributed by atoms with Gasteiger partial charge in [-0.3, -0.25) is 4.79 Å². The number of ether oxygens (including phenoxy) is 1. The lowest BCUT2D eigenvalue weighted by molar-refractivity contribution is -0.152. The molecule has 1 aliphatic rings. The summed E-state index contributed by atoms with van der Waals surface area (Å²) in [5.41, 5.74) is 1.42. The van der Waals surface area contributed by atoms with Crippen LogP contribution in [0.15, 0.2) is 54.7 Å². The standard InChI is InChI=1S/C23H25N3O4/c1-23(2,22(28)29)30-17-9-7-16(8-10-17)25-11-13-26(14-12-25)21(27)19-15-24-20-6-4-3-5-18(19)20/h3-10,15,24H,11-14H2,1-2H3,(H,28,29). The number of rotatable bonds is 5. The number of aromatic amines is 1. The summed E-state index contributed by atoms with van der Waals surface area (Å²) in [5, 5.41) is 10.1. The Morgan fingerprint density at radius 2 is 1.67 bits per heavy atom. The van der Waals surface area contributed by atoms with Gasteiger partial charge >= 0.3 is 5.97 Å². The lowest BCUT2D eigenvalue weighted by Crippen LogP contribution is -2.48. The Morgan fingerprint density at radius 3 is 2.33 bits per heavy atom. The molecule has 156 valence electrons. The second kappa shape index (κ2) is 7.74. The van der Waals surface area contributed by atoms with E-state index in [1.165, 1.54) is 13.8 Å². The van der Waals surface area contributed by atoms with Gasteiger partial charge in [0.15, 0.2) is 5.60 Å². The molecule has 0 saturated carbocycles. The van der Waals surface area contributed by atoms with Gasteiger partial charge in [0.25, 0.3) is 5.91 Å². The molecule has 7 heteroatoms. The highest BCUT2D eigenvalue weighted by Crippen LogP contribution is 2.25. The first kappa shape index (κ1) is 19.8. The number of nitrogens with one attached hydrogen (secondary N) is 1. The minimum atomic E-state index is -1.28. The number of carboxylic acid groups (broad SMARTS) is 1. The van der Waals surface area contributed by atoms with Crippen molar-refractivity contribution in [3.8, 4) is 5.75 Å². The van der Waals surface area contributed by atoms with Crippen LogP contribution in [-0.4, -0.2) is 58.6 Å². The van der Waals surface area contributed by atoms with E-state index in [0.29, 0.717) is 24.4 Å². The van der Waals surface area contributed by atoms with Crippen LogP contribution in [0, 0.1) is 0 Å². The number of carboxylic acids is 1. The summed E-state index contributed by atoms with van der Waals surface area (Å²) in [6.07, 6.45) is 1.79. The van der Waals surface area contributed by atoms with E-state index in [1.807, 2.05) is 41.3 Å². The molecule has 0 spiro atoms. The van der Waals surface area contributed by atoms with Crippen molar-refractivity contribution < 1.29 is 19.4 Å². The van der Waals surface area contributed by atoms with E-state index in [2.05, 4.69) is 9.88 Å². The molecule has 2 aromatic carbocycles. The maximum absolute atomic E-state index is 13.0. The molecule has 3 aromatic rings. The SMILES string of the molecule is CC(C)(Oc1ccc(N2CCN(C(=O)c3c[nH]c4ccccc34)CC2)cc1)C(=O)O. The highest BCUT2D eigenvalue weighted by atomic mass is 16.5. The summed E-state index contributed by atoms with van der Waals surface area (Å²) in [6, 6.07) is 15.2. The predicted octanol–water partition coefficient (Wildman–Crippen LogP) is 3.37. The van der Waals surface area contributed by atoms with Crippen LogP contribution >= 0.6 is 0 Å². The average molecular weight is 407 g/mol. The van der Waals surface area contributed by atoms with Gasteiger partial charge in [0, 0.05) is 49.0 Å². The molecule has 0 unspecified atom stereocenters. The van der Waals surface area contributed by atoms with Gasteiger partial charge in [-0.1, -0.05) is 18.2 Å². The smallest absolute Gasteiger partial charge is 0.347 e. The Labute approximate surface area is 174 Å². The number of H-pyrrole nitrogens is 1. The van der Waals surface area contributed by atoms with Crippen molar-refractivity contribution in [3.05, 3.63) is 60.3 Å². The molecule has 0 bridgehead atoms. The topological polar surface area (TPSA) is 85.9 Å². The quantitative estimate of drug-likeness (QED) is 0.677. The second-order valence-electron chi connectivity index (χ2n) is 7.94. The van der Waals surface area contributed by atoms with Crippen molar-refractivity contribution in [1.29, 1.82) is 0 Å². The Kier molecular flexibility index (Phi) is 5.11. The molecular weight excluding hydrogens is 382 g/mol. The number of nitrogens with zero attached hydrogens (tertiary/aromatic N) is 2. The van der Waals surface area contributed by atoms with Crippen LogP contribution in [0.1, 0.15) is 24.2 Å². The van der Waals surface area contributed by atoms with E-state index in [-0.39, 0.29) is 5.91 Å². The lowest BCUT2D eigenvalue weighted by atomic mass is 10.1. The van der Waals surface area contributed by atoms with E-state index in [4.69, 9.17) is 4.74 Å². The van der Waals surface area contributed by atoms with Gasteiger partial charge in [-0.2, -0.15) is 0 Å². The van der Waals surface area contributed by atoms with Crippen molar-refractivity contribution in [2.45, 2.75) is 19.4 Å². The fraction of sp³-hybridized carbons (Fsp3) is 0.304. The van der Waals surface area contributed by atoms with E-state index < -0.39 is 11.6 Å². The monoisotopic (exact) mass is 407 g/mol. The zero-order valence-corrected chi connectivity index (χ0v) is 17.1. The molecule has 1 fully saturated rings. The predicted molar refractivity (Wildman–Crippen MR) is 115 cm³/mol. The Balaban J connectivity index is 1.38. The van der Waals surface area contributed by atoms with E-state index in [9.17, 15) is 14.7 Å². The van der Waals surface area contributed by atoms with Gasteiger partial charge in [-0.15, -0.1) is 0 Å². The van der Waals surface area contributed by atoms with Gasteiger partial charge in [-0.05, 0) is 44.2 Å². The molecule has 2 heterocycles.